The molecule has 112 valence electrons. The van der Waals surface area contributed by atoms with Crippen molar-refractivity contribution in [1.29, 1.82) is 0 Å². The highest BCUT2D eigenvalue weighted by molar-refractivity contribution is 5.91. The lowest BCUT2D eigenvalue weighted by atomic mass is 10.0. The third-order valence-corrected chi connectivity index (χ3v) is 4.72. The summed E-state index contributed by atoms with van der Waals surface area (Å²) in [6, 6.07) is 7.04. The standard InChI is InChI=1S/C16H20N2O3/c1-11-2-3-12-7-17(14-8-20-9-14)5-4-13-10-21-16(19)18(13)15(12)6-11/h2-3,6,13-14H,4-5,7-10H2,1H3. The number of hydrogen-bond acceptors (Lipinski definition) is 4. The van der Waals surface area contributed by atoms with Crippen LogP contribution in [0.4, 0.5) is 10.5 Å². The Kier molecular flexibility index (Phi) is 3.12. The number of hydrogen-bond donors (Lipinski definition) is 0. The molecular formula is C16H20N2O3. The molecule has 21 heavy (non-hydrogen) atoms. The average Bonchev–Trinajstić information content (AvgIpc) is 2.74. The van der Waals surface area contributed by atoms with Crippen molar-refractivity contribution in [3.8, 4) is 0 Å². The number of fused-ring (bicyclic) bond motifs is 3. The van der Waals surface area contributed by atoms with E-state index in [-0.39, 0.29) is 12.1 Å². The van der Waals surface area contributed by atoms with Gasteiger partial charge in [-0.05, 0) is 30.5 Å². The SMILES string of the molecule is Cc1ccc2c(c1)N1C(=O)OCC1CCN(C1COC1)C2. The zero-order valence-corrected chi connectivity index (χ0v) is 12.2. The van der Waals surface area contributed by atoms with E-state index in [0.717, 1.165) is 38.4 Å². The van der Waals surface area contributed by atoms with E-state index < -0.39 is 0 Å². The van der Waals surface area contributed by atoms with E-state index in [0.29, 0.717) is 12.6 Å². The number of anilines is 1. The molecule has 1 aromatic rings. The molecule has 5 nitrogen and oxygen atoms in total. The fourth-order valence-corrected chi connectivity index (χ4v) is 3.36. The molecule has 1 aromatic carbocycles. The van der Waals surface area contributed by atoms with Gasteiger partial charge in [-0.1, -0.05) is 12.1 Å². The summed E-state index contributed by atoms with van der Waals surface area (Å²) in [5.41, 5.74) is 3.40. The van der Waals surface area contributed by atoms with E-state index in [1.807, 2.05) is 4.90 Å². The summed E-state index contributed by atoms with van der Waals surface area (Å²) in [7, 11) is 0. The maximum absolute atomic E-state index is 12.1. The van der Waals surface area contributed by atoms with Gasteiger partial charge in [0.25, 0.3) is 0 Å². The van der Waals surface area contributed by atoms with Crippen molar-refractivity contribution in [2.45, 2.75) is 32.0 Å². The molecule has 2 fully saturated rings. The minimum atomic E-state index is -0.202. The first-order chi connectivity index (χ1) is 10.2. The second-order valence-electron chi connectivity index (χ2n) is 6.18. The molecule has 0 saturated carbocycles. The minimum Gasteiger partial charge on any atom is -0.447 e. The van der Waals surface area contributed by atoms with Crippen LogP contribution in [-0.4, -0.2) is 49.4 Å². The summed E-state index contributed by atoms with van der Waals surface area (Å²) in [5.74, 6) is 0. The molecule has 3 heterocycles. The monoisotopic (exact) mass is 288 g/mol. The second kappa shape index (κ2) is 5.00. The highest BCUT2D eigenvalue weighted by Gasteiger charge is 2.38. The summed E-state index contributed by atoms with van der Waals surface area (Å²) in [6.45, 7) is 6.07. The molecule has 1 unspecified atom stereocenters. The molecule has 0 N–H and O–H groups in total. The molecule has 0 radical (unpaired) electrons. The summed E-state index contributed by atoms with van der Waals surface area (Å²) in [4.78, 5) is 16.4. The quantitative estimate of drug-likeness (QED) is 0.792. The van der Waals surface area contributed by atoms with E-state index in [1.165, 1.54) is 11.1 Å². The topological polar surface area (TPSA) is 42.0 Å². The van der Waals surface area contributed by atoms with Crippen molar-refractivity contribution in [3.05, 3.63) is 29.3 Å². The van der Waals surface area contributed by atoms with Crippen molar-refractivity contribution in [3.63, 3.8) is 0 Å². The highest BCUT2D eigenvalue weighted by Crippen LogP contribution is 2.33. The van der Waals surface area contributed by atoms with Gasteiger partial charge in [-0.2, -0.15) is 0 Å². The maximum atomic E-state index is 12.1. The molecule has 5 heteroatoms. The van der Waals surface area contributed by atoms with Crippen molar-refractivity contribution >= 4 is 11.8 Å². The normalized spacial score (nSPS) is 26.4. The van der Waals surface area contributed by atoms with Crippen LogP contribution in [0.3, 0.4) is 0 Å². The zero-order valence-electron chi connectivity index (χ0n) is 12.2. The number of carbonyl (C=O) groups is 1. The maximum Gasteiger partial charge on any atom is 0.414 e. The number of amides is 1. The average molecular weight is 288 g/mol. The first-order valence-corrected chi connectivity index (χ1v) is 7.59. The second-order valence-corrected chi connectivity index (χ2v) is 6.18. The number of cyclic esters (lactones) is 1. The van der Waals surface area contributed by atoms with E-state index in [4.69, 9.17) is 9.47 Å². The first kappa shape index (κ1) is 13.1. The Balaban J connectivity index is 1.73. The minimum absolute atomic E-state index is 0.154. The molecule has 2 saturated heterocycles. The van der Waals surface area contributed by atoms with Crippen LogP contribution >= 0.6 is 0 Å². The number of nitrogens with zero attached hydrogens (tertiary/aromatic N) is 2. The van der Waals surface area contributed by atoms with Gasteiger partial charge in [0.15, 0.2) is 0 Å². The molecular weight excluding hydrogens is 268 g/mol. The fraction of sp³-hybridized carbons (Fsp3) is 0.562. The van der Waals surface area contributed by atoms with E-state index >= 15 is 0 Å². The Morgan fingerprint density at radius 2 is 2.05 bits per heavy atom. The molecule has 4 rings (SSSR count). The van der Waals surface area contributed by atoms with Crippen LogP contribution < -0.4 is 4.90 Å². The van der Waals surface area contributed by atoms with Gasteiger partial charge in [0.05, 0.1) is 31.0 Å². The first-order valence-electron chi connectivity index (χ1n) is 7.59. The van der Waals surface area contributed by atoms with Crippen LogP contribution in [0.25, 0.3) is 0 Å². The molecule has 1 amide bonds. The Bertz CT molecular complexity index is 571. The number of rotatable bonds is 1. The van der Waals surface area contributed by atoms with Crippen LogP contribution in [0.1, 0.15) is 17.5 Å². The predicted molar refractivity (Wildman–Crippen MR) is 78.4 cm³/mol. The summed E-state index contributed by atoms with van der Waals surface area (Å²) >= 11 is 0. The Morgan fingerprint density at radius 3 is 2.81 bits per heavy atom. The Morgan fingerprint density at radius 1 is 1.19 bits per heavy atom. The van der Waals surface area contributed by atoms with Crippen LogP contribution in [0.2, 0.25) is 0 Å². The van der Waals surface area contributed by atoms with Gasteiger partial charge in [0.2, 0.25) is 0 Å². The third-order valence-electron chi connectivity index (χ3n) is 4.72. The van der Waals surface area contributed by atoms with Gasteiger partial charge in [0.1, 0.15) is 6.61 Å². The summed E-state index contributed by atoms with van der Waals surface area (Å²) in [5, 5.41) is 0. The van der Waals surface area contributed by atoms with Crippen LogP contribution in [-0.2, 0) is 16.0 Å². The van der Waals surface area contributed by atoms with Crippen molar-refractivity contribution < 1.29 is 14.3 Å². The summed E-state index contributed by atoms with van der Waals surface area (Å²) in [6.07, 6.45) is 0.752. The predicted octanol–water partition coefficient (Wildman–Crippen LogP) is 1.92. The molecule has 3 aliphatic rings. The highest BCUT2D eigenvalue weighted by atomic mass is 16.6. The van der Waals surface area contributed by atoms with E-state index in [2.05, 4.69) is 30.0 Å². The van der Waals surface area contributed by atoms with Gasteiger partial charge < -0.3 is 9.47 Å². The van der Waals surface area contributed by atoms with E-state index in [9.17, 15) is 4.79 Å². The van der Waals surface area contributed by atoms with Crippen molar-refractivity contribution in [1.82, 2.24) is 4.90 Å². The number of ether oxygens (including phenoxy) is 2. The number of aryl methyl sites for hydroxylation is 1. The lowest BCUT2D eigenvalue weighted by Gasteiger charge is -2.40. The Labute approximate surface area is 124 Å². The molecule has 0 spiro atoms. The van der Waals surface area contributed by atoms with Crippen molar-refractivity contribution in [2.24, 2.45) is 0 Å². The van der Waals surface area contributed by atoms with Gasteiger partial charge in [-0.25, -0.2) is 4.79 Å². The van der Waals surface area contributed by atoms with E-state index in [1.54, 1.807) is 0 Å². The third kappa shape index (κ3) is 2.21. The lowest BCUT2D eigenvalue weighted by molar-refractivity contribution is -0.0689. The number of carbonyl (C=O) groups excluding carboxylic acids is 1. The van der Waals surface area contributed by atoms with Crippen LogP contribution in [0.15, 0.2) is 18.2 Å². The van der Waals surface area contributed by atoms with Crippen molar-refractivity contribution in [2.75, 3.05) is 31.3 Å². The van der Waals surface area contributed by atoms with Gasteiger partial charge >= 0.3 is 6.09 Å². The van der Waals surface area contributed by atoms with Crippen LogP contribution in [0, 0.1) is 6.92 Å². The largest absolute Gasteiger partial charge is 0.447 e. The molecule has 0 aliphatic carbocycles. The zero-order chi connectivity index (χ0) is 14.4. The van der Waals surface area contributed by atoms with Crippen LogP contribution in [0.5, 0.6) is 0 Å². The fourth-order valence-electron chi connectivity index (χ4n) is 3.36. The molecule has 1 atom stereocenters. The van der Waals surface area contributed by atoms with Gasteiger partial charge in [-0.3, -0.25) is 9.80 Å². The van der Waals surface area contributed by atoms with Gasteiger partial charge in [0, 0.05) is 13.1 Å². The smallest absolute Gasteiger partial charge is 0.414 e. The Hall–Kier alpha value is -1.59. The summed E-state index contributed by atoms with van der Waals surface area (Å²) < 4.78 is 10.6. The van der Waals surface area contributed by atoms with Gasteiger partial charge in [-0.15, -0.1) is 0 Å². The number of benzene rings is 1. The lowest BCUT2D eigenvalue weighted by Crippen LogP contribution is -2.51. The molecule has 3 aliphatic heterocycles. The molecule has 0 aromatic heterocycles. The molecule has 0 bridgehead atoms.